The fourth-order valence-corrected chi connectivity index (χ4v) is 3.36. The highest BCUT2D eigenvalue weighted by Gasteiger charge is 2.12. The molecule has 2 heterocycles. The zero-order valence-corrected chi connectivity index (χ0v) is 16.7. The summed E-state index contributed by atoms with van der Waals surface area (Å²) in [6, 6.07) is 13.8. The summed E-state index contributed by atoms with van der Waals surface area (Å²) in [5.74, 6) is 1.73. The molecule has 0 atom stereocenters. The molecule has 0 saturated carbocycles. The van der Waals surface area contributed by atoms with Crippen LogP contribution < -0.4 is 15.5 Å². The molecule has 7 nitrogen and oxygen atoms in total. The molecule has 0 aliphatic heterocycles. The molecule has 0 amide bonds. The average Bonchev–Trinajstić information content (AvgIpc) is 2.77. The summed E-state index contributed by atoms with van der Waals surface area (Å²) in [4.78, 5) is 14.9. The first kappa shape index (κ1) is 19.4. The predicted molar refractivity (Wildman–Crippen MR) is 117 cm³/mol. The van der Waals surface area contributed by atoms with Crippen LogP contribution in [0.25, 0.3) is 21.4 Å². The van der Waals surface area contributed by atoms with E-state index < -0.39 is 0 Å². The lowest BCUT2D eigenvalue weighted by Gasteiger charge is -2.13. The molecule has 0 saturated heterocycles. The largest absolute Gasteiger partial charge is 0.495 e. The van der Waals surface area contributed by atoms with E-state index in [2.05, 4.69) is 20.4 Å². The highest BCUT2D eigenvalue weighted by Crippen LogP contribution is 2.30. The molecule has 148 valence electrons. The van der Waals surface area contributed by atoms with Crippen molar-refractivity contribution >= 4 is 33.9 Å². The van der Waals surface area contributed by atoms with Crippen LogP contribution in [0.5, 0.6) is 5.75 Å². The Morgan fingerprint density at radius 3 is 2.60 bits per heavy atom. The minimum absolute atomic E-state index is 0.0877. The van der Waals surface area contributed by atoms with Crippen LogP contribution in [0.15, 0.2) is 65.7 Å². The molecule has 4 rings (SSSR count). The van der Waals surface area contributed by atoms with Crippen LogP contribution in [0.3, 0.4) is 0 Å². The van der Waals surface area contributed by atoms with Crippen molar-refractivity contribution in [2.24, 2.45) is 0 Å². The maximum atomic E-state index is 11.4. The predicted octanol–water partition coefficient (Wildman–Crippen LogP) is 4.61. The van der Waals surface area contributed by atoms with Crippen molar-refractivity contribution in [1.29, 1.82) is 0 Å². The molecular weight excluding hydrogens is 402 g/mol. The van der Waals surface area contributed by atoms with Crippen LogP contribution in [-0.2, 0) is 6.54 Å². The van der Waals surface area contributed by atoms with Gasteiger partial charge in [0.2, 0.25) is 0 Å². The molecule has 1 N–H and O–H groups in total. The quantitative estimate of drug-likeness (QED) is 0.480. The minimum atomic E-state index is -0.0877. The maximum absolute atomic E-state index is 11.4. The molecule has 8 heteroatoms. The van der Waals surface area contributed by atoms with Gasteiger partial charge in [-0.1, -0.05) is 29.8 Å². The normalized spacial score (nSPS) is 10.6. The lowest BCUT2D eigenvalue weighted by Crippen LogP contribution is -2.08. The molecule has 30 heavy (non-hydrogen) atoms. The minimum Gasteiger partial charge on any atom is -0.495 e. The Morgan fingerprint density at radius 1 is 1.10 bits per heavy atom. The van der Waals surface area contributed by atoms with Gasteiger partial charge in [-0.3, -0.25) is 4.79 Å². The Kier molecular flexibility index (Phi) is 5.33. The summed E-state index contributed by atoms with van der Waals surface area (Å²) >= 11 is 6.21. The lowest BCUT2D eigenvalue weighted by molar-refractivity contribution is 0.415. The third-order valence-electron chi connectivity index (χ3n) is 4.59. The van der Waals surface area contributed by atoms with E-state index in [-0.39, 0.29) is 5.43 Å². The first-order chi connectivity index (χ1) is 14.6. The van der Waals surface area contributed by atoms with E-state index in [1.165, 1.54) is 12.1 Å². The van der Waals surface area contributed by atoms with Crippen molar-refractivity contribution in [3.63, 3.8) is 0 Å². The number of hydrogen-bond acceptors (Lipinski definition) is 5. The van der Waals surface area contributed by atoms with E-state index >= 15 is 0 Å². The average molecular weight is 418 g/mol. The van der Waals surface area contributed by atoms with Gasteiger partial charge in [0.25, 0.3) is 0 Å². The molecular formula is C22H16ClN5O2. The molecule has 0 unspecified atom stereocenters. The Bertz CT molecular complexity index is 1320. The summed E-state index contributed by atoms with van der Waals surface area (Å²) in [5, 5.41) is 14.0. The van der Waals surface area contributed by atoms with Crippen molar-refractivity contribution in [3.8, 4) is 11.6 Å². The van der Waals surface area contributed by atoms with Gasteiger partial charge in [-0.2, -0.15) is 0 Å². The fraction of sp³-hybridized carbons (Fsp3) is 0.0909. The second-order valence-electron chi connectivity index (χ2n) is 6.48. The van der Waals surface area contributed by atoms with E-state index in [1.54, 1.807) is 42.3 Å². The van der Waals surface area contributed by atoms with Crippen LogP contribution in [0.1, 0.15) is 5.56 Å². The van der Waals surface area contributed by atoms with Crippen molar-refractivity contribution in [2.75, 3.05) is 12.4 Å². The Labute approximate surface area is 177 Å². The SMILES string of the molecule is [C-]#[N+]c1ccc2c(-n3ccc(=O)cc3)nnc(NCc3ccc(OC)c(Cl)c3)c2c1. The van der Waals surface area contributed by atoms with Gasteiger partial charge >= 0.3 is 0 Å². The van der Waals surface area contributed by atoms with E-state index in [4.69, 9.17) is 22.9 Å². The highest BCUT2D eigenvalue weighted by molar-refractivity contribution is 6.32. The number of hydrogen-bond donors (Lipinski definition) is 1. The molecule has 0 aliphatic carbocycles. The zero-order chi connectivity index (χ0) is 21.1. The van der Waals surface area contributed by atoms with Crippen molar-refractivity contribution in [3.05, 3.63) is 93.2 Å². The Hall–Kier alpha value is -3.89. The molecule has 2 aromatic carbocycles. The molecule has 2 aromatic heterocycles. The first-order valence-electron chi connectivity index (χ1n) is 9.02. The van der Waals surface area contributed by atoms with Gasteiger partial charge in [-0.05, 0) is 23.8 Å². The number of anilines is 1. The highest BCUT2D eigenvalue weighted by atomic mass is 35.5. The van der Waals surface area contributed by atoms with Gasteiger partial charge in [-0.25, -0.2) is 4.85 Å². The summed E-state index contributed by atoms with van der Waals surface area (Å²) in [7, 11) is 1.57. The summed E-state index contributed by atoms with van der Waals surface area (Å²) in [6.45, 7) is 7.80. The molecule has 0 spiro atoms. The number of rotatable bonds is 5. The number of ether oxygens (including phenoxy) is 1. The van der Waals surface area contributed by atoms with Crippen LogP contribution in [0.4, 0.5) is 11.5 Å². The zero-order valence-electron chi connectivity index (χ0n) is 16.0. The second-order valence-corrected chi connectivity index (χ2v) is 6.88. The monoisotopic (exact) mass is 417 g/mol. The van der Waals surface area contributed by atoms with Gasteiger partial charge in [-0.15, -0.1) is 10.2 Å². The first-order valence-corrected chi connectivity index (χ1v) is 9.40. The van der Waals surface area contributed by atoms with Crippen LogP contribution in [0, 0.1) is 6.57 Å². The molecule has 0 fully saturated rings. The standard InChI is InChI=1S/C22H16ClN5O2/c1-24-15-4-5-17-18(12-15)21(25-13-14-3-6-20(30-2)19(23)11-14)26-27-22(17)28-9-7-16(29)8-10-28/h3-12H,13H2,2H3,(H,25,26). The van der Waals surface area contributed by atoms with Gasteiger partial charge in [0, 0.05) is 41.8 Å². The van der Waals surface area contributed by atoms with E-state index in [0.717, 1.165) is 16.3 Å². The van der Waals surface area contributed by atoms with Crippen LogP contribution in [0.2, 0.25) is 5.02 Å². The van der Waals surface area contributed by atoms with E-state index in [0.29, 0.717) is 34.6 Å². The second kappa shape index (κ2) is 8.23. The fourth-order valence-electron chi connectivity index (χ4n) is 3.08. The smallest absolute Gasteiger partial charge is 0.188 e. The number of methoxy groups -OCH3 is 1. The van der Waals surface area contributed by atoms with E-state index in [9.17, 15) is 4.79 Å². The van der Waals surface area contributed by atoms with Gasteiger partial charge < -0.3 is 14.6 Å². The summed E-state index contributed by atoms with van der Waals surface area (Å²) in [6.07, 6.45) is 3.28. The third kappa shape index (κ3) is 3.81. The Morgan fingerprint density at radius 2 is 1.90 bits per heavy atom. The number of pyridine rings is 1. The lowest BCUT2D eigenvalue weighted by atomic mass is 10.1. The summed E-state index contributed by atoms with van der Waals surface area (Å²) in [5.41, 5.74) is 1.36. The summed E-state index contributed by atoms with van der Waals surface area (Å²) < 4.78 is 6.91. The maximum Gasteiger partial charge on any atom is 0.188 e. The van der Waals surface area contributed by atoms with Gasteiger partial charge in [0.1, 0.15) is 5.75 Å². The van der Waals surface area contributed by atoms with Crippen LogP contribution >= 0.6 is 11.6 Å². The number of nitrogens with one attached hydrogen (secondary N) is 1. The topological polar surface area (TPSA) is 73.4 Å². The number of halogens is 1. The van der Waals surface area contributed by atoms with Crippen molar-refractivity contribution in [2.45, 2.75) is 6.54 Å². The molecule has 0 radical (unpaired) electrons. The van der Waals surface area contributed by atoms with Crippen LogP contribution in [-0.4, -0.2) is 21.9 Å². The Balaban J connectivity index is 1.74. The van der Waals surface area contributed by atoms with Crippen molar-refractivity contribution < 1.29 is 4.74 Å². The van der Waals surface area contributed by atoms with E-state index in [1.807, 2.05) is 18.2 Å². The molecule has 0 aliphatic rings. The number of nitrogens with zero attached hydrogens (tertiary/aromatic N) is 4. The van der Waals surface area contributed by atoms with Gasteiger partial charge in [0.15, 0.2) is 22.8 Å². The van der Waals surface area contributed by atoms with Gasteiger partial charge in [0.05, 0.1) is 18.7 Å². The third-order valence-corrected chi connectivity index (χ3v) is 4.89. The van der Waals surface area contributed by atoms with Crippen molar-refractivity contribution in [1.82, 2.24) is 14.8 Å². The molecule has 0 bridgehead atoms. The number of benzene rings is 2. The number of fused-ring (bicyclic) bond motifs is 1. The number of aromatic nitrogens is 3. The molecule has 4 aromatic rings.